The van der Waals surface area contributed by atoms with Gasteiger partial charge in [0.2, 0.25) is 5.91 Å². The number of carbonyl (C=O) groups is 1. The highest BCUT2D eigenvalue weighted by atomic mass is 32.1. The molecular formula is C14H25NO2S. The van der Waals surface area contributed by atoms with E-state index in [1.807, 2.05) is 0 Å². The SMILES string of the molecule is O=C(CC1(CS)CC1)NCC1(CO)CCCCC1. The number of hydrogen-bond acceptors (Lipinski definition) is 3. The van der Waals surface area contributed by atoms with E-state index in [0.717, 1.165) is 31.4 Å². The zero-order valence-electron chi connectivity index (χ0n) is 11.1. The van der Waals surface area contributed by atoms with Crippen molar-refractivity contribution in [1.82, 2.24) is 5.32 Å². The molecule has 4 heteroatoms. The highest BCUT2D eigenvalue weighted by Gasteiger charge is 2.43. The van der Waals surface area contributed by atoms with Crippen molar-refractivity contribution in [3.8, 4) is 0 Å². The molecule has 0 aromatic heterocycles. The van der Waals surface area contributed by atoms with Crippen molar-refractivity contribution in [2.45, 2.75) is 51.4 Å². The molecule has 2 rings (SSSR count). The van der Waals surface area contributed by atoms with Crippen LogP contribution in [-0.4, -0.2) is 29.9 Å². The first-order valence-electron chi connectivity index (χ1n) is 7.12. The van der Waals surface area contributed by atoms with Crippen molar-refractivity contribution in [3.63, 3.8) is 0 Å². The molecule has 2 aliphatic carbocycles. The molecule has 0 radical (unpaired) electrons. The molecule has 18 heavy (non-hydrogen) atoms. The second-order valence-corrected chi connectivity index (χ2v) is 6.65. The summed E-state index contributed by atoms with van der Waals surface area (Å²) in [7, 11) is 0. The Morgan fingerprint density at radius 1 is 1.11 bits per heavy atom. The summed E-state index contributed by atoms with van der Waals surface area (Å²) >= 11 is 4.32. The summed E-state index contributed by atoms with van der Waals surface area (Å²) in [6.07, 6.45) is 8.58. The molecule has 0 aromatic carbocycles. The molecule has 0 heterocycles. The molecule has 1 amide bonds. The largest absolute Gasteiger partial charge is 0.396 e. The number of thiol groups is 1. The lowest BCUT2D eigenvalue weighted by atomic mass is 9.74. The third kappa shape index (κ3) is 3.41. The van der Waals surface area contributed by atoms with E-state index >= 15 is 0 Å². The quantitative estimate of drug-likeness (QED) is 0.648. The second-order valence-electron chi connectivity index (χ2n) is 6.33. The van der Waals surface area contributed by atoms with Crippen LogP contribution in [0.25, 0.3) is 0 Å². The highest BCUT2D eigenvalue weighted by Crippen LogP contribution is 2.49. The highest BCUT2D eigenvalue weighted by molar-refractivity contribution is 7.80. The molecule has 104 valence electrons. The van der Waals surface area contributed by atoms with Gasteiger partial charge in [-0.2, -0.15) is 12.6 Å². The average Bonchev–Trinajstić information content (AvgIpc) is 3.18. The standard InChI is InChI=1S/C14H25NO2S/c16-10-14(4-2-1-3-5-14)9-15-12(17)8-13(11-18)6-7-13/h16,18H,1-11H2,(H,15,17). The minimum atomic E-state index is -0.0500. The topological polar surface area (TPSA) is 49.3 Å². The molecule has 2 fully saturated rings. The van der Waals surface area contributed by atoms with Gasteiger partial charge in [0.1, 0.15) is 0 Å². The van der Waals surface area contributed by atoms with Gasteiger partial charge in [-0.1, -0.05) is 19.3 Å². The van der Waals surface area contributed by atoms with Crippen molar-refractivity contribution in [1.29, 1.82) is 0 Å². The summed E-state index contributed by atoms with van der Waals surface area (Å²) < 4.78 is 0. The van der Waals surface area contributed by atoms with Gasteiger partial charge in [0.15, 0.2) is 0 Å². The molecule has 0 spiro atoms. The summed E-state index contributed by atoms with van der Waals surface area (Å²) in [5, 5.41) is 12.6. The predicted octanol–water partition coefficient (Wildman–Crippen LogP) is 2.15. The van der Waals surface area contributed by atoms with Gasteiger partial charge < -0.3 is 10.4 Å². The Kier molecular flexibility index (Phi) is 4.59. The third-order valence-corrected chi connectivity index (χ3v) is 5.41. The second kappa shape index (κ2) is 5.83. The van der Waals surface area contributed by atoms with Crippen LogP contribution in [0.5, 0.6) is 0 Å². The first-order chi connectivity index (χ1) is 8.64. The van der Waals surface area contributed by atoms with Crippen LogP contribution in [0.2, 0.25) is 0 Å². The Morgan fingerprint density at radius 2 is 1.78 bits per heavy atom. The molecule has 0 aromatic rings. The number of rotatable bonds is 6. The molecule has 2 N–H and O–H groups in total. The Bertz CT molecular complexity index is 296. The van der Waals surface area contributed by atoms with E-state index in [4.69, 9.17) is 0 Å². The van der Waals surface area contributed by atoms with Gasteiger partial charge in [-0.3, -0.25) is 4.79 Å². The van der Waals surface area contributed by atoms with Crippen LogP contribution in [-0.2, 0) is 4.79 Å². The predicted molar refractivity (Wildman–Crippen MR) is 75.8 cm³/mol. The molecule has 2 aliphatic rings. The maximum atomic E-state index is 11.9. The van der Waals surface area contributed by atoms with E-state index in [2.05, 4.69) is 17.9 Å². The van der Waals surface area contributed by atoms with Crippen LogP contribution in [0.1, 0.15) is 51.4 Å². The molecule has 2 saturated carbocycles. The lowest BCUT2D eigenvalue weighted by Crippen LogP contribution is -2.42. The van der Waals surface area contributed by atoms with E-state index in [-0.39, 0.29) is 23.3 Å². The van der Waals surface area contributed by atoms with E-state index in [0.29, 0.717) is 13.0 Å². The summed E-state index contributed by atoms with van der Waals surface area (Å²) in [5.41, 5.74) is 0.137. The van der Waals surface area contributed by atoms with Crippen molar-refractivity contribution in [2.24, 2.45) is 10.8 Å². The minimum absolute atomic E-state index is 0.0500. The van der Waals surface area contributed by atoms with Crippen molar-refractivity contribution in [2.75, 3.05) is 18.9 Å². The lowest BCUT2D eigenvalue weighted by molar-refractivity contribution is -0.123. The monoisotopic (exact) mass is 271 g/mol. The number of carbonyl (C=O) groups excluding carboxylic acids is 1. The van der Waals surface area contributed by atoms with Crippen molar-refractivity contribution >= 4 is 18.5 Å². The normalized spacial score (nSPS) is 24.6. The summed E-state index contributed by atoms with van der Waals surface area (Å²) in [6.45, 7) is 0.843. The number of aliphatic hydroxyl groups excluding tert-OH is 1. The number of nitrogens with one attached hydrogen (secondary N) is 1. The third-order valence-electron chi connectivity index (χ3n) is 4.74. The fourth-order valence-electron chi connectivity index (χ4n) is 2.95. The van der Waals surface area contributed by atoms with Crippen molar-refractivity contribution < 1.29 is 9.90 Å². The van der Waals surface area contributed by atoms with Gasteiger partial charge in [-0.05, 0) is 36.9 Å². The minimum Gasteiger partial charge on any atom is -0.396 e. The number of hydrogen-bond donors (Lipinski definition) is 3. The fourth-order valence-corrected chi connectivity index (χ4v) is 3.38. The fraction of sp³-hybridized carbons (Fsp3) is 0.929. The van der Waals surface area contributed by atoms with Crippen LogP contribution in [0.3, 0.4) is 0 Å². The van der Waals surface area contributed by atoms with Crippen molar-refractivity contribution in [3.05, 3.63) is 0 Å². The molecule has 0 atom stereocenters. The van der Waals surface area contributed by atoms with Crippen LogP contribution in [0.15, 0.2) is 0 Å². The first kappa shape index (κ1) is 14.2. The smallest absolute Gasteiger partial charge is 0.220 e. The molecule has 0 saturated heterocycles. The van der Waals surface area contributed by atoms with Gasteiger partial charge >= 0.3 is 0 Å². The van der Waals surface area contributed by atoms with E-state index < -0.39 is 0 Å². The Hall–Kier alpha value is -0.220. The average molecular weight is 271 g/mol. The van der Waals surface area contributed by atoms with Gasteiger partial charge in [0.05, 0.1) is 6.61 Å². The molecule has 0 aliphatic heterocycles. The zero-order chi connectivity index (χ0) is 13.1. The zero-order valence-corrected chi connectivity index (χ0v) is 12.0. The van der Waals surface area contributed by atoms with Gasteiger partial charge in [-0.25, -0.2) is 0 Å². The van der Waals surface area contributed by atoms with E-state index in [9.17, 15) is 9.90 Å². The number of aliphatic hydroxyl groups is 1. The molecule has 0 unspecified atom stereocenters. The van der Waals surface area contributed by atoms with E-state index in [1.54, 1.807) is 0 Å². The van der Waals surface area contributed by atoms with Crippen LogP contribution >= 0.6 is 12.6 Å². The summed E-state index contributed by atoms with van der Waals surface area (Å²) in [5.74, 6) is 0.950. The first-order valence-corrected chi connectivity index (χ1v) is 7.75. The molecule has 0 bridgehead atoms. The van der Waals surface area contributed by atoms with Crippen LogP contribution in [0, 0.1) is 10.8 Å². The Balaban J connectivity index is 1.77. The van der Waals surface area contributed by atoms with Gasteiger partial charge in [0, 0.05) is 18.4 Å². The Morgan fingerprint density at radius 3 is 2.28 bits per heavy atom. The van der Waals surface area contributed by atoms with E-state index in [1.165, 1.54) is 19.3 Å². The van der Waals surface area contributed by atoms with Gasteiger partial charge in [0.25, 0.3) is 0 Å². The summed E-state index contributed by atoms with van der Waals surface area (Å²) in [4.78, 5) is 11.9. The van der Waals surface area contributed by atoms with Crippen LogP contribution in [0.4, 0.5) is 0 Å². The maximum absolute atomic E-state index is 11.9. The lowest BCUT2D eigenvalue weighted by Gasteiger charge is -2.35. The Labute approximate surface area is 115 Å². The molecule has 3 nitrogen and oxygen atoms in total. The van der Waals surface area contributed by atoms with Crippen LogP contribution < -0.4 is 5.32 Å². The number of amides is 1. The summed E-state index contributed by atoms with van der Waals surface area (Å²) in [6, 6.07) is 0. The van der Waals surface area contributed by atoms with Gasteiger partial charge in [-0.15, -0.1) is 0 Å². The maximum Gasteiger partial charge on any atom is 0.220 e. The molecular weight excluding hydrogens is 246 g/mol.